The average molecular weight is 449 g/mol. The number of hydrogen-bond donors (Lipinski definition) is 0. The fourth-order valence-electron chi connectivity index (χ4n) is 3.71. The van der Waals surface area contributed by atoms with Crippen LogP contribution in [0.4, 0.5) is 4.39 Å². The summed E-state index contributed by atoms with van der Waals surface area (Å²) in [6.45, 7) is 5.79. The molecular formula is C23H26ClFN2O4. The number of esters is 1. The van der Waals surface area contributed by atoms with Crippen molar-refractivity contribution in [1.29, 1.82) is 0 Å². The number of amides is 1. The molecule has 6 nitrogen and oxygen atoms in total. The van der Waals surface area contributed by atoms with Crippen LogP contribution in [0.15, 0.2) is 42.5 Å². The number of benzene rings is 2. The minimum absolute atomic E-state index is 0.0157. The molecule has 3 rings (SSSR count). The first-order valence-electron chi connectivity index (χ1n) is 10.1. The Hall–Kier alpha value is -2.64. The van der Waals surface area contributed by atoms with E-state index in [4.69, 9.17) is 21.1 Å². The van der Waals surface area contributed by atoms with E-state index < -0.39 is 5.97 Å². The van der Waals surface area contributed by atoms with Crippen LogP contribution in [0, 0.1) is 5.82 Å². The third-order valence-corrected chi connectivity index (χ3v) is 5.67. The molecule has 0 saturated carbocycles. The Bertz CT molecular complexity index is 938. The molecule has 1 amide bonds. The standard InChI is InChI=1S/C23H26ClFN2O4/c1-15-12-27(16(2)11-26(15)13-17-4-7-19(25)8-5-17)22(28)14-31-21-9-6-18(24)10-20(21)23(29)30-3/h4-10,15-16H,11-14H2,1-3H3/t15?,16-/m0/s1. The minimum atomic E-state index is -0.582. The van der Waals surface area contributed by atoms with Gasteiger partial charge in [0, 0.05) is 36.7 Å². The second kappa shape index (κ2) is 10.1. The van der Waals surface area contributed by atoms with Crippen molar-refractivity contribution in [3.8, 4) is 5.75 Å². The van der Waals surface area contributed by atoms with Gasteiger partial charge in [0.05, 0.1) is 7.11 Å². The Labute approximate surface area is 186 Å². The highest BCUT2D eigenvalue weighted by atomic mass is 35.5. The van der Waals surface area contributed by atoms with Crippen molar-refractivity contribution in [2.45, 2.75) is 32.5 Å². The summed E-state index contributed by atoms with van der Waals surface area (Å²) in [6.07, 6.45) is 0. The number of nitrogens with zero attached hydrogens (tertiary/aromatic N) is 2. The Balaban J connectivity index is 1.61. The summed E-state index contributed by atoms with van der Waals surface area (Å²) in [7, 11) is 1.27. The highest BCUT2D eigenvalue weighted by molar-refractivity contribution is 6.31. The van der Waals surface area contributed by atoms with Crippen LogP contribution >= 0.6 is 11.6 Å². The Kier molecular flexibility index (Phi) is 7.51. The number of hydrogen-bond acceptors (Lipinski definition) is 5. The first-order valence-corrected chi connectivity index (χ1v) is 10.4. The summed E-state index contributed by atoms with van der Waals surface area (Å²) in [6, 6.07) is 11.2. The van der Waals surface area contributed by atoms with Crippen LogP contribution in [0.3, 0.4) is 0 Å². The molecule has 1 aliphatic heterocycles. The molecular weight excluding hydrogens is 423 g/mol. The maximum atomic E-state index is 13.1. The summed E-state index contributed by atoms with van der Waals surface area (Å²) in [5.41, 5.74) is 1.20. The third kappa shape index (κ3) is 5.74. The Morgan fingerprint density at radius 3 is 2.48 bits per heavy atom. The van der Waals surface area contributed by atoms with Crippen molar-refractivity contribution < 1.29 is 23.5 Å². The predicted octanol–water partition coefficient (Wildman–Crippen LogP) is 3.77. The Morgan fingerprint density at radius 1 is 1.10 bits per heavy atom. The van der Waals surface area contributed by atoms with E-state index in [1.54, 1.807) is 29.2 Å². The predicted molar refractivity (Wildman–Crippen MR) is 116 cm³/mol. The van der Waals surface area contributed by atoms with Gasteiger partial charge in [-0.05, 0) is 49.7 Å². The number of piperazine rings is 1. The monoisotopic (exact) mass is 448 g/mol. The maximum Gasteiger partial charge on any atom is 0.341 e. The van der Waals surface area contributed by atoms with Gasteiger partial charge in [0.25, 0.3) is 5.91 Å². The highest BCUT2D eigenvalue weighted by Crippen LogP contribution is 2.24. The van der Waals surface area contributed by atoms with Crippen molar-refractivity contribution in [3.05, 3.63) is 64.4 Å². The minimum Gasteiger partial charge on any atom is -0.483 e. The van der Waals surface area contributed by atoms with E-state index in [2.05, 4.69) is 11.8 Å². The SMILES string of the molecule is COC(=O)c1cc(Cl)ccc1OCC(=O)N1CC(C)N(Cc2ccc(F)cc2)C[C@@H]1C. The summed E-state index contributed by atoms with van der Waals surface area (Å²) in [5, 5.41) is 0.374. The van der Waals surface area contributed by atoms with E-state index in [1.807, 2.05) is 6.92 Å². The molecule has 8 heteroatoms. The molecule has 2 aromatic carbocycles. The summed E-state index contributed by atoms with van der Waals surface area (Å²) < 4.78 is 23.5. The normalized spacial score (nSPS) is 19.2. The van der Waals surface area contributed by atoms with Gasteiger partial charge in [-0.25, -0.2) is 9.18 Å². The van der Waals surface area contributed by atoms with Crippen molar-refractivity contribution >= 4 is 23.5 Å². The van der Waals surface area contributed by atoms with Crippen LogP contribution in [0.5, 0.6) is 5.75 Å². The van der Waals surface area contributed by atoms with E-state index in [-0.39, 0.29) is 41.7 Å². The zero-order valence-corrected chi connectivity index (χ0v) is 18.6. The van der Waals surface area contributed by atoms with Crippen LogP contribution < -0.4 is 4.74 Å². The molecule has 0 spiro atoms. The summed E-state index contributed by atoms with van der Waals surface area (Å²) in [5.74, 6) is -0.746. The molecule has 31 heavy (non-hydrogen) atoms. The molecule has 0 N–H and O–H groups in total. The van der Waals surface area contributed by atoms with E-state index >= 15 is 0 Å². The molecule has 1 aliphatic rings. The molecule has 0 aliphatic carbocycles. The summed E-state index contributed by atoms with van der Waals surface area (Å²) >= 11 is 5.96. The van der Waals surface area contributed by atoms with Gasteiger partial charge in [-0.2, -0.15) is 0 Å². The molecule has 1 saturated heterocycles. The van der Waals surface area contributed by atoms with Crippen molar-refractivity contribution in [2.75, 3.05) is 26.8 Å². The lowest BCUT2D eigenvalue weighted by atomic mass is 10.1. The lowest BCUT2D eigenvalue weighted by Crippen LogP contribution is -2.58. The number of carbonyl (C=O) groups excluding carboxylic acids is 2. The smallest absolute Gasteiger partial charge is 0.341 e. The fraction of sp³-hybridized carbons (Fsp3) is 0.391. The second-order valence-corrected chi connectivity index (χ2v) is 8.16. The van der Waals surface area contributed by atoms with Gasteiger partial charge in [-0.15, -0.1) is 0 Å². The topological polar surface area (TPSA) is 59.1 Å². The molecule has 2 atom stereocenters. The van der Waals surface area contributed by atoms with Gasteiger partial charge in [0.15, 0.2) is 6.61 Å². The van der Waals surface area contributed by atoms with Crippen LogP contribution in [0.25, 0.3) is 0 Å². The average Bonchev–Trinajstić information content (AvgIpc) is 2.75. The van der Waals surface area contributed by atoms with E-state index in [0.29, 0.717) is 24.7 Å². The zero-order valence-electron chi connectivity index (χ0n) is 17.8. The summed E-state index contributed by atoms with van der Waals surface area (Å²) in [4.78, 5) is 28.9. The van der Waals surface area contributed by atoms with Crippen molar-refractivity contribution in [1.82, 2.24) is 9.80 Å². The van der Waals surface area contributed by atoms with Gasteiger partial charge in [0.2, 0.25) is 0 Å². The number of ether oxygens (including phenoxy) is 2. The quantitative estimate of drug-likeness (QED) is 0.630. The number of rotatable bonds is 6. The second-order valence-electron chi connectivity index (χ2n) is 7.72. The number of halogens is 2. The van der Waals surface area contributed by atoms with Gasteiger partial charge in [-0.1, -0.05) is 23.7 Å². The molecule has 1 unspecified atom stereocenters. The van der Waals surface area contributed by atoms with Crippen LogP contribution in [-0.4, -0.2) is 60.6 Å². The van der Waals surface area contributed by atoms with Crippen LogP contribution in [0.2, 0.25) is 5.02 Å². The lowest BCUT2D eigenvalue weighted by Gasteiger charge is -2.44. The first-order chi connectivity index (χ1) is 14.8. The molecule has 0 bridgehead atoms. The molecule has 166 valence electrons. The van der Waals surface area contributed by atoms with E-state index in [9.17, 15) is 14.0 Å². The zero-order chi connectivity index (χ0) is 22.5. The largest absolute Gasteiger partial charge is 0.483 e. The van der Waals surface area contributed by atoms with Crippen LogP contribution in [-0.2, 0) is 16.1 Å². The van der Waals surface area contributed by atoms with Gasteiger partial charge < -0.3 is 14.4 Å². The number of carbonyl (C=O) groups is 2. The maximum absolute atomic E-state index is 13.1. The third-order valence-electron chi connectivity index (χ3n) is 5.43. The van der Waals surface area contributed by atoms with E-state index in [0.717, 1.165) is 5.56 Å². The van der Waals surface area contributed by atoms with Crippen molar-refractivity contribution in [3.63, 3.8) is 0 Å². The Morgan fingerprint density at radius 2 is 1.81 bits per heavy atom. The number of methoxy groups -OCH3 is 1. The molecule has 1 heterocycles. The molecule has 1 fully saturated rings. The fourth-order valence-corrected chi connectivity index (χ4v) is 3.88. The van der Waals surface area contributed by atoms with Gasteiger partial charge >= 0.3 is 5.97 Å². The first kappa shape index (κ1) is 23.0. The van der Waals surface area contributed by atoms with Crippen molar-refractivity contribution in [2.24, 2.45) is 0 Å². The molecule has 0 aromatic heterocycles. The van der Waals surface area contributed by atoms with Gasteiger partial charge in [0.1, 0.15) is 17.1 Å². The lowest BCUT2D eigenvalue weighted by molar-refractivity contribution is -0.139. The van der Waals surface area contributed by atoms with Gasteiger partial charge in [-0.3, -0.25) is 9.69 Å². The van der Waals surface area contributed by atoms with E-state index in [1.165, 1.54) is 25.3 Å². The van der Waals surface area contributed by atoms with Crippen LogP contribution in [0.1, 0.15) is 29.8 Å². The molecule has 0 radical (unpaired) electrons. The molecule has 2 aromatic rings. The highest BCUT2D eigenvalue weighted by Gasteiger charge is 2.32.